The first-order valence-corrected chi connectivity index (χ1v) is 6.80. The molecule has 0 radical (unpaired) electrons. The average molecular weight is 280 g/mol. The van der Waals surface area contributed by atoms with Crippen LogP contribution in [0.2, 0.25) is 0 Å². The summed E-state index contributed by atoms with van der Waals surface area (Å²) in [6, 6.07) is 7.67. The number of ether oxygens (including phenoxy) is 2. The molecule has 0 saturated carbocycles. The van der Waals surface area contributed by atoms with E-state index >= 15 is 0 Å². The van der Waals surface area contributed by atoms with Crippen LogP contribution >= 0.6 is 0 Å². The summed E-state index contributed by atoms with van der Waals surface area (Å²) >= 11 is 0. The standard InChI is InChI=1S/C15H24N2O3/c1-11(16)7-8-17-15(18)12(2)20-10-13-5-4-6-14(9-13)19-3/h4-6,9,11-12H,7-8,10,16H2,1-3H3,(H,17,18). The van der Waals surface area contributed by atoms with Crippen LogP contribution in [0.5, 0.6) is 5.75 Å². The molecule has 1 rings (SSSR count). The Morgan fingerprint density at radius 1 is 1.40 bits per heavy atom. The maximum atomic E-state index is 11.8. The number of amides is 1. The van der Waals surface area contributed by atoms with Crippen molar-refractivity contribution in [2.75, 3.05) is 13.7 Å². The van der Waals surface area contributed by atoms with E-state index < -0.39 is 6.10 Å². The van der Waals surface area contributed by atoms with E-state index in [4.69, 9.17) is 15.2 Å². The molecule has 0 aliphatic rings. The largest absolute Gasteiger partial charge is 0.497 e. The number of carbonyl (C=O) groups excluding carboxylic acids is 1. The molecule has 2 unspecified atom stereocenters. The molecule has 0 saturated heterocycles. The van der Waals surface area contributed by atoms with Crippen LogP contribution in [0.4, 0.5) is 0 Å². The summed E-state index contributed by atoms with van der Waals surface area (Å²) in [6.45, 7) is 4.60. The normalized spacial score (nSPS) is 13.6. The molecule has 5 nitrogen and oxygen atoms in total. The first-order valence-electron chi connectivity index (χ1n) is 6.80. The van der Waals surface area contributed by atoms with Crippen molar-refractivity contribution in [3.8, 4) is 5.75 Å². The predicted molar refractivity (Wildman–Crippen MR) is 78.5 cm³/mol. The fraction of sp³-hybridized carbons (Fsp3) is 0.533. The minimum Gasteiger partial charge on any atom is -0.497 e. The highest BCUT2D eigenvalue weighted by Gasteiger charge is 2.13. The third kappa shape index (κ3) is 6.04. The first kappa shape index (κ1) is 16.5. The zero-order valence-electron chi connectivity index (χ0n) is 12.4. The van der Waals surface area contributed by atoms with E-state index in [0.29, 0.717) is 13.2 Å². The van der Waals surface area contributed by atoms with Gasteiger partial charge >= 0.3 is 0 Å². The Morgan fingerprint density at radius 3 is 2.80 bits per heavy atom. The lowest BCUT2D eigenvalue weighted by Crippen LogP contribution is -2.36. The summed E-state index contributed by atoms with van der Waals surface area (Å²) in [6.07, 6.45) is 0.267. The highest BCUT2D eigenvalue weighted by atomic mass is 16.5. The van der Waals surface area contributed by atoms with Crippen LogP contribution in [0.25, 0.3) is 0 Å². The van der Waals surface area contributed by atoms with E-state index in [-0.39, 0.29) is 11.9 Å². The molecule has 1 amide bonds. The molecular weight excluding hydrogens is 256 g/mol. The molecule has 0 fully saturated rings. The van der Waals surface area contributed by atoms with Crippen molar-refractivity contribution in [1.29, 1.82) is 0 Å². The number of nitrogens with two attached hydrogens (primary N) is 1. The number of rotatable bonds is 8. The molecular formula is C15H24N2O3. The minimum absolute atomic E-state index is 0.0864. The van der Waals surface area contributed by atoms with Gasteiger partial charge in [0, 0.05) is 12.6 Å². The van der Waals surface area contributed by atoms with Crippen molar-refractivity contribution in [2.24, 2.45) is 5.73 Å². The molecule has 0 heterocycles. The van der Waals surface area contributed by atoms with E-state index in [2.05, 4.69) is 5.32 Å². The number of benzene rings is 1. The van der Waals surface area contributed by atoms with Gasteiger partial charge in [0.15, 0.2) is 0 Å². The Bertz CT molecular complexity index is 421. The van der Waals surface area contributed by atoms with Gasteiger partial charge in [-0.2, -0.15) is 0 Å². The van der Waals surface area contributed by atoms with Crippen molar-refractivity contribution in [2.45, 2.75) is 39.0 Å². The molecule has 0 spiro atoms. The van der Waals surface area contributed by atoms with Gasteiger partial charge in [0.1, 0.15) is 11.9 Å². The third-order valence-electron chi connectivity index (χ3n) is 2.90. The number of carbonyl (C=O) groups is 1. The lowest BCUT2D eigenvalue weighted by atomic mass is 10.2. The van der Waals surface area contributed by atoms with E-state index in [9.17, 15) is 4.79 Å². The van der Waals surface area contributed by atoms with Gasteiger partial charge in [-0.25, -0.2) is 0 Å². The van der Waals surface area contributed by atoms with Crippen molar-refractivity contribution in [1.82, 2.24) is 5.32 Å². The number of hydrogen-bond acceptors (Lipinski definition) is 4. The lowest BCUT2D eigenvalue weighted by Gasteiger charge is -2.14. The summed E-state index contributed by atoms with van der Waals surface area (Å²) in [7, 11) is 1.62. The molecule has 5 heteroatoms. The Balaban J connectivity index is 2.34. The molecule has 0 aliphatic heterocycles. The topological polar surface area (TPSA) is 73.6 Å². The molecule has 0 bridgehead atoms. The molecule has 3 N–H and O–H groups in total. The maximum Gasteiger partial charge on any atom is 0.248 e. The van der Waals surface area contributed by atoms with Gasteiger partial charge in [-0.15, -0.1) is 0 Å². The maximum absolute atomic E-state index is 11.8. The van der Waals surface area contributed by atoms with Crippen LogP contribution in [-0.2, 0) is 16.1 Å². The van der Waals surface area contributed by atoms with Crippen LogP contribution in [0, 0.1) is 0 Å². The monoisotopic (exact) mass is 280 g/mol. The van der Waals surface area contributed by atoms with Gasteiger partial charge in [0.2, 0.25) is 5.91 Å². The fourth-order valence-corrected chi connectivity index (χ4v) is 1.63. The molecule has 1 aromatic carbocycles. The number of nitrogens with one attached hydrogen (secondary N) is 1. The van der Waals surface area contributed by atoms with Gasteiger partial charge in [0.05, 0.1) is 13.7 Å². The fourth-order valence-electron chi connectivity index (χ4n) is 1.63. The Labute approximate surface area is 120 Å². The molecule has 20 heavy (non-hydrogen) atoms. The summed E-state index contributed by atoms with van der Waals surface area (Å²) < 4.78 is 10.7. The summed E-state index contributed by atoms with van der Waals surface area (Å²) in [5, 5.41) is 2.80. The van der Waals surface area contributed by atoms with Crippen molar-refractivity contribution in [3.05, 3.63) is 29.8 Å². The van der Waals surface area contributed by atoms with Gasteiger partial charge in [-0.05, 0) is 38.0 Å². The smallest absolute Gasteiger partial charge is 0.248 e. The highest BCUT2D eigenvalue weighted by molar-refractivity contribution is 5.80. The van der Waals surface area contributed by atoms with Crippen LogP contribution in [0.15, 0.2) is 24.3 Å². The van der Waals surface area contributed by atoms with Crippen LogP contribution in [0.3, 0.4) is 0 Å². The first-order chi connectivity index (χ1) is 9.52. The quantitative estimate of drug-likeness (QED) is 0.756. The molecule has 2 atom stereocenters. The predicted octanol–water partition coefficient (Wildman–Crippen LogP) is 1.45. The van der Waals surface area contributed by atoms with Gasteiger partial charge < -0.3 is 20.5 Å². The Kier molecular flexibility index (Phi) is 7.04. The summed E-state index contributed by atoms with van der Waals surface area (Å²) in [4.78, 5) is 11.8. The van der Waals surface area contributed by atoms with Gasteiger partial charge in [-0.3, -0.25) is 4.79 Å². The van der Waals surface area contributed by atoms with Crippen molar-refractivity contribution < 1.29 is 14.3 Å². The molecule has 1 aromatic rings. The lowest BCUT2D eigenvalue weighted by molar-refractivity contribution is -0.132. The second kappa shape index (κ2) is 8.55. The second-order valence-electron chi connectivity index (χ2n) is 4.86. The SMILES string of the molecule is COc1cccc(COC(C)C(=O)NCCC(C)N)c1. The van der Waals surface area contributed by atoms with Crippen LogP contribution in [-0.4, -0.2) is 31.7 Å². The molecule has 0 aliphatic carbocycles. The van der Waals surface area contributed by atoms with E-state index in [0.717, 1.165) is 17.7 Å². The molecule has 112 valence electrons. The zero-order chi connectivity index (χ0) is 15.0. The number of methoxy groups -OCH3 is 1. The van der Waals surface area contributed by atoms with Crippen LogP contribution in [0.1, 0.15) is 25.8 Å². The van der Waals surface area contributed by atoms with Crippen molar-refractivity contribution >= 4 is 5.91 Å². The average Bonchev–Trinajstić information content (AvgIpc) is 2.44. The third-order valence-corrected chi connectivity index (χ3v) is 2.90. The van der Waals surface area contributed by atoms with Crippen molar-refractivity contribution in [3.63, 3.8) is 0 Å². The van der Waals surface area contributed by atoms with E-state index in [1.165, 1.54) is 0 Å². The zero-order valence-corrected chi connectivity index (χ0v) is 12.4. The highest BCUT2D eigenvalue weighted by Crippen LogP contribution is 2.13. The van der Waals surface area contributed by atoms with Gasteiger partial charge in [0.25, 0.3) is 0 Å². The van der Waals surface area contributed by atoms with E-state index in [1.54, 1.807) is 14.0 Å². The summed E-state index contributed by atoms with van der Waals surface area (Å²) in [5.41, 5.74) is 6.59. The summed E-state index contributed by atoms with van der Waals surface area (Å²) in [5.74, 6) is 0.661. The second-order valence-corrected chi connectivity index (χ2v) is 4.86. The minimum atomic E-state index is -0.491. The van der Waals surface area contributed by atoms with E-state index in [1.807, 2.05) is 31.2 Å². The van der Waals surface area contributed by atoms with Crippen LogP contribution < -0.4 is 15.8 Å². The van der Waals surface area contributed by atoms with Gasteiger partial charge in [-0.1, -0.05) is 12.1 Å². The Morgan fingerprint density at radius 2 is 2.15 bits per heavy atom. The number of hydrogen-bond donors (Lipinski definition) is 2. The molecule has 0 aromatic heterocycles. The Hall–Kier alpha value is -1.59.